The van der Waals surface area contributed by atoms with E-state index in [1.54, 1.807) is 6.26 Å². The molecule has 1 N–H and O–H groups in total. The molecule has 0 spiro atoms. The van der Waals surface area contributed by atoms with Crippen molar-refractivity contribution in [3.63, 3.8) is 0 Å². The molecule has 1 aliphatic rings. The molecule has 0 radical (unpaired) electrons. The van der Waals surface area contributed by atoms with Gasteiger partial charge in [-0.25, -0.2) is 0 Å². The monoisotopic (exact) mass is 406 g/mol. The van der Waals surface area contributed by atoms with Crippen LogP contribution in [0.25, 0.3) is 0 Å². The number of nitrogens with zero attached hydrogens (tertiary/aromatic N) is 1. The van der Waals surface area contributed by atoms with Gasteiger partial charge in [0.1, 0.15) is 0 Å². The number of hydrogen-bond acceptors (Lipinski definition) is 3. The molecule has 0 aliphatic carbocycles. The zero-order chi connectivity index (χ0) is 18.5. The van der Waals surface area contributed by atoms with Crippen LogP contribution in [0.3, 0.4) is 0 Å². The first-order chi connectivity index (χ1) is 12.6. The third-order valence-corrected chi connectivity index (χ3v) is 5.56. The van der Waals surface area contributed by atoms with E-state index in [1.165, 1.54) is 5.56 Å². The Kier molecular flexibility index (Phi) is 8.02. The number of piperazine rings is 1. The molecular formula is C21H27ClN2O2S. The van der Waals surface area contributed by atoms with Gasteiger partial charge in [0, 0.05) is 48.0 Å². The number of halogens is 1. The normalized spacial score (nSPS) is 17.9. The van der Waals surface area contributed by atoms with Gasteiger partial charge < -0.3 is 10.2 Å². The maximum absolute atomic E-state index is 13.2. The van der Waals surface area contributed by atoms with Gasteiger partial charge >= 0.3 is 0 Å². The van der Waals surface area contributed by atoms with E-state index in [0.29, 0.717) is 17.9 Å². The first-order valence-electron chi connectivity index (χ1n) is 9.08. The first kappa shape index (κ1) is 21.6. The van der Waals surface area contributed by atoms with Crippen LogP contribution in [0.4, 0.5) is 0 Å². The fraction of sp³-hybridized carbons (Fsp3) is 0.381. The molecule has 0 aromatic heterocycles. The molecule has 0 bridgehead atoms. The lowest BCUT2D eigenvalue weighted by Gasteiger charge is -2.36. The van der Waals surface area contributed by atoms with Gasteiger partial charge in [-0.1, -0.05) is 43.3 Å². The second-order valence-electron chi connectivity index (χ2n) is 6.73. The highest BCUT2D eigenvalue weighted by Gasteiger charge is 2.28. The standard InChI is InChI=1S/C21H26N2O2S.ClH/c1-3-16-7-9-18(10-8-16)20-14-22-11-12-23(20)21(24)19-6-4-5-17(13-19)15-26(2)25;/h4-10,13,20,22H,3,11-12,14-15H2,1-2H3;1H. The van der Waals surface area contributed by atoms with E-state index in [-0.39, 0.29) is 24.4 Å². The minimum Gasteiger partial charge on any atom is -0.329 e. The molecular weight excluding hydrogens is 380 g/mol. The topological polar surface area (TPSA) is 49.4 Å². The van der Waals surface area contributed by atoms with Gasteiger partial charge in [0.15, 0.2) is 0 Å². The third-order valence-electron chi connectivity index (χ3n) is 4.82. The van der Waals surface area contributed by atoms with Crippen molar-refractivity contribution in [2.45, 2.75) is 25.1 Å². The summed E-state index contributed by atoms with van der Waals surface area (Å²) < 4.78 is 11.5. The summed E-state index contributed by atoms with van der Waals surface area (Å²) in [6.45, 7) is 4.39. The molecule has 0 saturated carbocycles. The van der Waals surface area contributed by atoms with E-state index in [1.807, 2.05) is 29.2 Å². The molecule has 1 amide bonds. The molecule has 1 heterocycles. The van der Waals surface area contributed by atoms with Crippen molar-refractivity contribution < 1.29 is 9.00 Å². The molecule has 2 unspecified atom stereocenters. The highest BCUT2D eigenvalue weighted by atomic mass is 35.5. The van der Waals surface area contributed by atoms with Crippen molar-refractivity contribution in [1.29, 1.82) is 0 Å². The molecule has 2 atom stereocenters. The fourth-order valence-electron chi connectivity index (χ4n) is 3.42. The molecule has 146 valence electrons. The van der Waals surface area contributed by atoms with Crippen LogP contribution in [0.5, 0.6) is 0 Å². The van der Waals surface area contributed by atoms with Crippen LogP contribution in [0.15, 0.2) is 48.5 Å². The predicted molar refractivity (Wildman–Crippen MR) is 114 cm³/mol. The molecule has 3 rings (SSSR count). The van der Waals surface area contributed by atoms with Crippen LogP contribution in [0.1, 0.15) is 40.0 Å². The lowest BCUT2D eigenvalue weighted by molar-refractivity contribution is 0.0634. The Bertz CT molecular complexity index is 795. The molecule has 2 aromatic rings. The quantitative estimate of drug-likeness (QED) is 0.828. The van der Waals surface area contributed by atoms with Gasteiger partial charge in [-0.05, 0) is 35.2 Å². The molecule has 1 aliphatic heterocycles. The molecule has 1 fully saturated rings. The summed E-state index contributed by atoms with van der Waals surface area (Å²) in [4.78, 5) is 15.1. The van der Waals surface area contributed by atoms with Crippen LogP contribution in [-0.2, 0) is 23.0 Å². The van der Waals surface area contributed by atoms with Gasteiger partial charge in [0.25, 0.3) is 5.91 Å². The second-order valence-corrected chi connectivity index (χ2v) is 8.17. The SMILES string of the molecule is CCc1ccc(C2CNCCN2C(=O)c2cccc(CS(C)=O)c2)cc1.Cl. The Hall–Kier alpha value is -1.69. The molecule has 27 heavy (non-hydrogen) atoms. The Morgan fingerprint density at radius 1 is 1.19 bits per heavy atom. The number of rotatable bonds is 5. The lowest BCUT2D eigenvalue weighted by Crippen LogP contribution is -2.48. The highest BCUT2D eigenvalue weighted by Crippen LogP contribution is 2.25. The van der Waals surface area contributed by atoms with Gasteiger partial charge in [-0.2, -0.15) is 0 Å². The molecule has 2 aromatic carbocycles. The van der Waals surface area contributed by atoms with Crippen LogP contribution >= 0.6 is 12.4 Å². The molecule has 6 heteroatoms. The van der Waals surface area contributed by atoms with Gasteiger partial charge in [-0.3, -0.25) is 9.00 Å². The summed E-state index contributed by atoms with van der Waals surface area (Å²) in [5, 5.41) is 3.40. The van der Waals surface area contributed by atoms with Crippen LogP contribution in [0.2, 0.25) is 0 Å². The maximum Gasteiger partial charge on any atom is 0.254 e. The minimum absolute atomic E-state index is 0. The van der Waals surface area contributed by atoms with Crippen molar-refractivity contribution in [3.05, 3.63) is 70.8 Å². The van der Waals surface area contributed by atoms with E-state index in [4.69, 9.17) is 0 Å². The van der Waals surface area contributed by atoms with Gasteiger partial charge in [0.2, 0.25) is 0 Å². The largest absolute Gasteiger partial charge is 0.329 e. The summed E-state index contributed by atoms with van der Waals surface area (Å²) >= 11 is 0. The van der Waals surface area contributed by atoms with Crippen molar-refractivity contribution in [3.8, 4) is 0 Å². The van der Waals surface area contributed by atoms with Crippen molar-refractivity contribution >= 4 is 29.1 Å². The number of benzene rings is 2. The lowest BCUT2D eigenvalue weighted by atomic mass is 9.99. The Balaban J connectivity index is 0.00000261. The number of aryl methyl sites for hydroxylation is 1. The van der Waals surface area contributed by atoms with E-state index < -0.39 is 10.8 Å². The van der Waals surface area contributed by atoms with E-state index in [2.05, 4.69) is 36.5 Å². The van der Waals surface area contributed by atoms with E-state index >= 15 is 0 Å². The van der Waals surface area contributed by atoms with E-state index in [0.717, 1.165) is 30.6 Å². The maximum atomic E-state index is 13.2. The Morgan fingerprint density at radius 2 is 1.93 bits per heavy atom. The van der Waals surface area contributed by atoms with Crippen molar-refractivity contribution in [2.24, 2.45) is 0 Å². The Labute approximate surface area is 170 Å². The molecule has 4 nitrogen and oxygen atoms in total. The smallest absolute Gasteiger partial charge is 0.254 e. The number of nitrogens with one attached hydrogen (secondary N) is 1. The minimum atomic E-state index is -0.918. The second kappa shape index (κ2) is 10.0. The molecule has 1 saturated heterocycles. The van der Waals surface area contributed by atoms with Crippen LogP contribution in [-0.4, -0.2) is 40.9 Å². The number of hydrogen-bond donors (Lipinski definition) is 1. The highest BCUT2D eigenvalue weighted by molar-refractivity contribution is 7.83. The van der Waals surface area contributed by atoms with Crippen molar-refractivity contribution in [1.82, 2.24) is 10.2 Å². The summed E-state index contributed by atoms with van der Waals surface area (Å²) in [5.74, 6) is 0.518. The number of carbonyl (C=O) groups is 1. The zero-order valence-corrected chi connectivity index (χ0v) is 17.4. The summed E-state index contributed by atoms with van der Waals surface area (Å²) in [7, 11) is -0.918. The number of carbonyl (C=O) groups excluding carboxylic acids is 1. The van der Waals surface area contributed by atoms with Gasteiger partial charge in [-0.15, -0.1) is 12.4 Å². The predicted octanol–water partition coefficient (Wildman–Crippen LogP) is 3.34. The Morgan fingerprint density at radius 3 is 2.59 bits per heavy atom. The summed E-state index contributed by atoms with van der Waals surface area (Å²) in [6, 6.07) is 16.1. The summed E-state index contributed by atoms with van der Waals surface area (Å²) in [6.07, 6.45) is 2.69. The first-order valence-corrected chi connectivity index (χ1v) is 10.8. The number of amides is 1. The van der Waals surface area contributed by atoms with Crippen LogP contribution in [0, 0.1) is 0 Å². The third kappa shape index (κ3) is 5.41. The average molecular weight is 407 g/mol. The van der Waals surface area contributed by atoms with Crippen molar-refractivity contribution in [2.75, 3.05) is 25.9 Å². The summed E-state index contributed by atoms with van der Waals surface area (Å²) in [5.41, 5.74) is 4.07. The van der Waals surface area contributed by atoms with Crippen LogP contribution < -0.4 is 5.32 Å². The zero-order valence-electron chi connectivity index (χ0n) is 15.8. The average Bonchev–Trinajstić information content (AvgIpc) is 2.67. The van der Waals surface area contributed by atoms with E-state index in [9.17, 15) is 9.00 Å². The fourth-order valence-corrected chi connectivity index (χ4v) is 4.06. The van der Waals surface area contributed by atoms with Gasteiger partial charge in [0.05, 0.1) is 6.04 Å².